The lowest BCUT2D eigenvalue weighted by Crippen LogP contribution is -2.47. The number of nitrogens with two attached hydrogens (primary N) is 1. The molecule has 2 aliphatic rings. The number of nitrogens with zero attached hydrogens (tertiary/aromatic N) is 6. The number of ether oxygens (including phenoxy) is 1. The molecule has 37 heavy (non-hydrogen) atoms. The molecule has 0 atom stereocenters. The van der Waals surface area contributed by atoms with Gasteiger partial charge < -0.3 is 20.7 Å². The van der Waals surface area contributed by atoms with Crippen LogP contribution in [0.25, 0.3) is 16.9 Å². The third kappa shape index (κ3) is 4.44. The lowest BCUT2D eigenvalue weighted by Gasteiger charge is -2.39. The van der Waals surface area contributed by atoms with Gasteiger partial charge in [0.2, 0.25) is 0 Å². The quantitative estimate of drug-likeness (QED) is 0.426. The Morgan fingerprint density at radius 3 is 2.49 bits per heavy atom. The first-order valence-corrected chi connectivity index (χ1v) is 12.7. The summed E-state index contributed by atoms with van der Waals surface area (Å²) in [7, 11) is 0. The minimum atomic E-state index is -0.604. The molecule has 3 aromatic heterocycles. The average molecular weight is 505 g/mol. The predicted octanol–water partition coefficient (Wildman–Crippen LogP) is 2.88. The fourth-order valence-electron chi connectivity index (χ4n) is 5.56. The molecule has 4 aromatic rings. The summed E-state index contributed by atoms with van der Waals surface area (Å²) in [6.45, 7) is 3.95. The molecular weight excluding hydrogens is 475 g/mol. The zero-order valence-electron chi connectivity index (χ0n) is 20.4. The Morgan fingerprint density at radius 2 is 1.76 bits per heavy atom. The molecule has 6 rings (SSSR count). The molecule has 0 bridgehead atoms. The molecule has 192 valence electrons. The Kier molecular flexibility index (Phi) is 6.31. The zero-order chi connectivity index (χ0) is 25.4. The van der Waals surface area contributed by atoms with Crippen molar-refractivity contribution in [1.82, 2.24) is 34.3 Å². The second-order valence-corrected chi connectivity index (χ2v) is 9.57. The van der Waals surface area contributed by atoms with E-state index in [9.17, 15) is 4.79 Å². The number of piperidine rings is 2. The van der Waals surface area contributed by atoms with E-state index in [0.29, 0.717) is 28.6 Å². The van der Waals surface area contributed by atoms with E-state index in [-0.39, 0.29) is 23.3 Å². The van der Waals surface area contributed by atoms with Crippen molar-refractivity contribution in [2.24, 2.45) is 0 Å². The normalized spacial score (nSPS) is 17.9. The average Bonchev–Trinajstić information content (AvgIpc) is 3.24. The molecule has 3 N–H and O–H groups in total. The molecule has 0 unspecified atom stereocenters. The second-order valence-electron chi connectivity index (χ2n) is 9.57. The van der Waals surface area contributed by atoms with Gasteiger partial charge in [0.1, 0.15) is 17.6 Å². The van der Waals surface area contributed by atoms with Gasteiger partial charge in [0.15, 0.2) is 23.0 Å². The highest BCUT2D eigenvalue weighted by Crippen LogP contribution is 2.31. The molecule has 0 aliphatic carbocycles. The summed E-state index contributed by atoms with van der Waals surface area (Å²) in [5, 5.41) is 3.42. The van der Waals surface area contributed by atoms with E-state index < -0.39 is 5.82 Å². The second kappa shape index (κ2) is 9.91. The number of anilines is 1. The zero-order valence-corrected chi connectivity index (χ0v) is 20.4. The fraction of sp³-hybridized carbons (Fsp3) is 0.385. The third-order valence-corrected chi connectivity index (χ3v) is 7.42. The van der Waals surface area contributed by atoms with Crippen LogP contribution in [0.3, 0.4) is 0 Å². The maximum Gasteiger partial charge on any atom is 0.335 e. The molecule has 11 heteroatoms. The molecule has 2 saturated heterocycles. The molecule has 10 nitrogen and oxygen atoms in total. The maximum absolute atomic E-state index is 15.1. The smallest absolute Gasteiger partial charge is 0.335 e. The Balaban J connectivity index is 1.33. The number of likely N-dealkylation sites (tertiary alicyclic amines) is 1. The van der Waals surface area contributed by atoms with Crippen LogP contribution >= 0.6 is 0 Å². The molecule has 0 radical (unpaired) electrons. The fourth-order valence-corrected chi connectivity index (χ4v) is 5.56. The van der Waals surface area contributed by atoms with Crippen molar-refractivity contribution in [2.45, 2.75) is 37.8 Å². The summed E-state index contributed by atoms with van der Waals surface area (Å²) < 4.78 is 23.9. The number of benzene rings is 1. The number of hydrogen-bond acceptors (Lipinski definition) is 8. The number of aromatic nitrogens is 5. The molecule has 2 aliphatic heterocycles. The number of pyridine rings is 1. The lowest BCUT2D eigenvalue weighted by atomic mass is 9.98. The Labute approximate surface area is 212 Å². The monoisotopic (exact) mass is 504 g/mol. The number of halogens is 1. The SMILES string of the molecule is Nc1ncnc2c1n(-c1ccc(Oc3ccncc3)c(F)c1)c(=O)n2C1CCN(C2CCNCC2)CC1. The van der Waals surface area contributed by atoms with Gasteiger partial charge in [-0.1, -0.05) is 0 Å². The van der Waals surface area contributed by atoms with Gasteiger partial charge in [-0.15, -0.1) is 0 Å². The highest BCUT2D eigenvalue weighted by Gasteiger charge is 2.30. The minimum absolute atomic E-state index is 0.0253. The standard InChI is InChI=1S/C26H29FN8O2/c27-21-15-19(1-2-22(21)37-20-5-11-30-12-6-20)34-23-24(28)31-16-32-25(23)35(26(34)36)18-7-13-33(14-8-18)17-3-9-29-10-4-17/h1-2,5-6,11-12,15-18,29H,3-4,7-10,13-14H2,(H2,28,31,32). The molecule has 1 aromatic carbocycles. The minimum Gasteiger partial charge on any atom is -0.454 e. The summed E-state index contributed by atoms with van der Waals surface area (Å²) in [6.07, 6.45) is 8.47. The molecular formula is C26H29FN8O2. The van der Waals surface area contributed by atoms with Gasteiger partial charge in [0.05, 0.1) is 5.69 Å². The van der Waals surface area contributed by atoms with Crippen LogP contribution in [-0.4, -0.2) is 61.2 Å². The number of rotatable bonds is 5. The van der Waals surface area contributed by atoms with Crippen molar-refractivity contribution in [3.8, 4) is 17.2 Å². The number of hydrogen-bond donors (Lipinski definition) is 2. The van der Waals surface area contributed by atoms with Crippen LogP contribution in [0, 0.1) is 5.82 Å². The van der Waals surface area contributed by atoms with E-state index in [0.717, 1.165) is 51.9 Å². The Bertz CT molecular complexity index is 1460. The van der Waals surface area contributed by atoms with Crippen LogP contribution in [0.5, 0.6) is 11.5 Å². The molecule has 0 amide bonds. The summed E-state index contributed by atoms with van der Waals surface area (Å²) in [6, 6.07) is 8.25. The van der Waals surface area contributed by atoms with Crippen LogP contribution in [0.1, 0.15) is 31.7 Å². The Hall–Kier alpha value is -3.83. The van der Waals surface area contributed by atoms with Crippen LogP contribution in [-0.2, 0) is 0 Å². The van der Waals surface area contributed by atoms with Crippen LogP contribution in [0.4, 0.5) is 10.2 Å². The highest BCUT2D eigenvalue weighted by atomic mass is 19.1. The van der Waals surface area contributed by atoms with Crippen molar-refractivity contribution < 1.29 is 9.13 Å². The van der Waals surface area contributed by atoms with Gasteiger partial charge in [0, 0.05) is 43.6 Å². The molecule has 2 fully saturated rings. The van der Waals surface area contributed by atoms with Crippen LogP contribution in [0.2, 0.25) is 0 Å². The summed E-state index contributed by atoms with van der Waals surface area (Å²) in [5.74, 6) is 0.0727. The number of imidazole rings is 1. The molecule has 0 spiro atoms. The first kappa shape index (κ1) is 23.6. The van der Waals surface area contributed by atoms with E-state index in [1.54, 1.807) is 35.2 Å². The number of nitrogen functional groups attached to an aromatic ring is 1. The van der Waals surface area contributed by atoms with Crippen molar-refractivity contribution >= 4 is 17.0 Å². The summed E-state index contributed by atoms with van der Waals surface area (Å²) >= 11 is 0. The van der Waals surface area contributed by atoms with Crippen molar-refractivity contribution in [3.05, 3.63) is 65.4 Å². The molecule has 5 heterocycles. The van der Waals surface area contributed by atoms with Crippen molar-refractivity contribution in [3.63, 3.8) is 0 Å². The van der Waals surface area contributed by atoms with Crippen molar-refractivity contribution in [1.29, 1.82) is 0 Å². The van der Waals surface area contributed by atoms with Gasteiger partial charge in [-0.3, -0.25) is 14.1 Å². The van der Waals surface area contributed by atoms with E-state index in [1.165, 1.54) is 23.0 Å². The summed E-state index contributed by atoms with van der Waals surface area (Å²) in [5.41, 5.74) is 7.12. The van der Waals surface area contributed by atoms with Gasteiger partial charge in [-0.05, 0) is 63.0 Å². The summed E-state index contributed by atoms with van der Waals surface area (Å²) in [4.78, 5) is 28.9. The van der Waals surface area contributed by atoms with E-state index in [2.05, 4.69) is 25.2 Å². The first-order valence-electron chi connectivity index (χ1n) is 12.7. The van der Waals surface area contributed by atoms with E-state index >= 15 is 4.39 Å². The van der Waals surface area contributed by atoms with Gasteiger partial charge in [-0.25, -0.2) is 19.2 Å². The number of nitrogens with one attached hydrogen (secondary N) is 1. The van der Waals surface area contributed by atoms with Crippen LogP contribution < -0.4 is 21.5 Å². The molecule has 0 saturated carbocycles. The highest BCUT2D eigenvalue weighted by molar-refractivity contribution is 5.84. The third-order valence-electron chi connectivity index (χ3n) is 7.42. The van der Waals surface area contributed by atoms with Crippen LogP contribution in [0.15, 0.2) is 53.8 Å². The van der Waals surface area contributed by atoms with Gasteiger partial charge in [0.25, 0.3) is 0 Å². The number of fused-ring (bicyclic) bond motifs is 1. The predicted molar refractivity (Wildman–Crippen MR) is 138 cm³/mol. The largest absolute Gasteiger partial charge is 0.454 e. The Morgan fingerprint density at radius 1 is 1.00 bits per heavy atom. The van der Waals surface area contributed by atoms with Crippen molar-refractivity contribution in [2.75, 3.05) is 31.9 Å². The first-order chi connectivity index (χ1) is 18.1. The van der Waals surface area contributed by atoms with Gasteiger partial charge in [-0.2, -0.15) is 0 Å². The van der Waals surface area contributed by atoms with E-state index in [4.69, 9.17) is 10.5 Å². The van der Waals surface area contributed by atoms with E-state index in [1.807, 2.05) is 0 Å². The topological polar surface area (TPSA) is 116 Å². The maximum atomic E-state index is 15.1. The van der Waals surface area contributed by atoms with Gasteiger partial charge >= 0.3 is 5.69 Å². The lowest BCUT2D eigenvalue weighted by molar-refractivity contribution is 0.113.